The Bertz CT molecular complexity index is 1100. The maximum absolute atomic E-state index is 12.5. The first-order valence-electron chi connectivity index (χ1n) is 7.52. The summed E-state index contributed by atoms with van der Waals surface area (Å²) in [5, 5.41) is 0.805. The van der Waals surface area contributed by atoms with E-state index in [1.807, 2.05) is 16.3 Å². The van der Waals surface area contributed by atoms with Gasteiger partial charge < -0.3 is 0 Å². The minimum absolute atomic E-state index is 0.0242. The lowest BCUT2D eigenvalue weighted by atomic mass is 10.2. The molecule has 0 bridgehead atoms. The van der Waals surface area contributed by atoms with E-state index >= 15 is 0 Å². The van der Waals surface area contributed by atoms with Gasteiger partial charge in [0.15, 0.2) is 0 Å². The number of halogens is 3. The molecule has 1 aromatic heterocycles. The van der Waals surface area contributed by atoms with E-state index in [0.717, 1.165) is 17.5 Å². The van der Waals surface area contributed by atoms with E-state index in [-0.39, 0.29) is 5.69 Å². The molecule has 0 fully saturated rings. The highest BCUT2D eigenvalue weighted by molar-refractivity contribution is 7.89. The van der Waals surface area contributed by atoms with Gasteiger partial charge in [-0.05, 0) is 36.4 Å². The van der Waals surface area contributed by atoms with Gasteiger partial charge in [0.25, 0.3) is 15.9 Å². The van der Waals surface area contributed by atoms with Crippen LogP contribution in [0.3, 0.4) is 0 Å². The molecule has 10 heteroatoms. The van der Waals surface area contributed by atoms with Crippen molar-refractivity contribution in [1.29, 1.82) is 0 Å². The molecule has 0 aliphatic rings. The largest absolute Gasteiger partial charge is 0.416 e. The molecule has 3 aromatic rings. The Kier molecular flexibility index (Phi) is 4.85. The van der Waals surface area contributed by atoms with Gasteiger partial charge in [-0.15, -0.1) is 4.83 Å². The summed E-state index contributed by atoms with van der Waals surface area (Å²) in [7, 11) is -4.25. The number of alkyl halides is 3. The third-order valence-corrected chi connectivity index (χ3v) is 4.89. The minimum Gasteiger partial charge on any atom is -0.272 e. The van der Waals surface area contributed by atoms with Gasteiger partial charge in [-0.25, -0.2) is 13.4 Å². The van der Waals surface area contributed by atoms with E-state index in [4.69, 9.17) is 0 Å². The Morgan fingerprint density at radius 3 is 2.26 bits per heavy atom. The SMILES string of the molecule is O=C(NNS(=O)(=O)c1ccc(C(F)(F)F)cc1)c1ccc2ccccc2n1. The smallest absolute Gasteiger partial charge is 0.272 e. The molecule has 27 heavy (non-hydrogen) atoms. The highest BCUT2D eigenvalue weighted by Gasteiger charge is 2.30. The van der Waals surface area contributed by atoms with Crippen LogP contribution in [-0.2, 0) is 16.2 Å². The lowest BCUT2D eigenvalue weighted by Gasteiger charge is -2.10. The standard InChI is InChI=1S/C17H12F3N3O3S/c18-17(19,20)12-6-8-13(9-7-12)27(25,26)23-22-16(24)15-10-5-11-3-1-2-4-14(11)21-15/h1-10,23H,(H,22,24). The Balaban J connectivity index is 1.73. The van der Waals surface area contributed by atoms with Crippen LogP contribution in [0.15, 0.2) is 65.6 Å². The van der Waals surface area contributed by atoms with Gasteiger partial charge in [0.05, 0.1) is 16.0 Å². The fourth-order valence-electron chi connectivity index (χ4n) is 2.25. The molecule has 0 unspecified atom stereocenters. The van der Waals surface area contributed by atoms with Crippen LogP contribution in [0, 0.1) is 0 Å². The van der Waals surface area contributed by atoms with Crippen LogP contribution < -0.4 is 10.3 Å². The minimum atomic E-state index is -4.58. The molecule has 0 atom stereocenters. The molecular formula is C17H12F3N3O3S. The molecule has 1 amide bonds. The Hall–Kier alpha value is -2.98. The number of carbonyl (C=O) groups is 1. The van der Waals surface area contributed by atoms with Crippen molar-refractivity contribution in [3.05, 3.63) is 71.9 Å². The Morgan fingerprint density at radius 1 is 0.926 bits per heavy atom. The van der Waals surface area contributed by atoms with E-state index in [1.165, 1.54) is 6.07 Å². The number of aromatic nitrogens is 1. The van der Waals surface area contributed by atoms with Gasteiger partial charge in [0, 0.05) is 5.39 Å². The van der Waals surface area contributed by atoms with Crippen LogP contribution in [0.1, 0.15) is 16.1 Å². The van der Waals surface area contributed by atoms with Gasteiger partial charge in [-0.2, -0.15) is 13.2 Å². The monoisotopic (exact) mass is 395 g/mol. The van der Waals surface area contributed by atoms with Gasteiger partial charge in [0.2, 0.25) is 0 Å². The van der Waals surface area contributed by atoms with Gasteiger partial charge in [-0.3, -0.25) is 10.2 Å². The summed E-state index contributed by atoms with van der Waals surface area (Å²) in [6.07, 6.45) is -4.58. The highest BCUT2D eigenvalue weighted by atomic mass is 32.2. The van der Waals surface area contributed by atoms with Crippen molar-refractivity contribution in [3.63, 3.8) is 0 Å². The molecular weight excluding hydrogens is 383 g/mol. The zero-order valence-corrected chi connectivity index (χ0v) is 14.3. The first-order chi connectivity index (χ1) is 12.7. The van der Waals surface area contributed by atoms with Crippen molar-refractivity contribution in [1.82, 2.24) is 15.2 Å². The lowest BCUT2D eigenvalue weighted by Crippen LogP contribution is -2.41. The van der Waals surface area contributed by atoms with Crippen molar-refractivity contribution >= 4 is 26.8 Å². The molecule has 140 valence electrons. The molecule has 0 aliphatic carbocycles. The van der Waals surface area contributed by atoms with Crippen LogP contribution >= 0.6 is 0 Å². The molecule has 2 N–H and O–H groups in total. The number of hydrogen-bond donors (Lipinski definition) is 2. The fraction of sp³-hybridized carbons (Fsp3) is 0.0588. The number of fused-ring (bicyclic) bond motifs is 1. The molecule has 6 nitrogen and oxygen atoms in total. The summed E-state index contributed by atoms with van der Waals surface area (Å²) in [5.41, 5.74) is 1.53. The van der Waals surface area contributed by atoms with Crippen LogP contribution in [0.5, 0.6) is 0 Å². The second-order valence-electron chi connectivity index (χ2n) is 5.47. The number of benzene rings is 2. The molecule has 1 heterocycles. The van der Waals surface area contributed by atoms with Crippen molar-refractivity contribution in [2.45, 2.75) is 11.1 Å². The number of para-hydroxylation sites is 1. The zero-order chi connectivity index (χ0) is 19.7. The average molecular weight is 395 g/mol. The van der Waals surface area contributed by atoms with Crippen molar-refractivity contribution in [2.75, 3.05) is 0 Å². The normalized spacial score (nSPS) is 12.1. The summed E-state index contributed by atoms with van der Waals surface area (Å²) < 4.78 is 61.8. The number of rotatable bonds is 4. The third kappa shape index (κ3) is 4.23. The number of pyridine rings is 1. The van der Waals surface area contributed by atoms with Crippen LogP contribution in [0.2, 0.25) is 0 Å². The third-order valence-electron chi connectivity index (χ3n) is 3.62. The number of nitrogens with one attached hydrogen (secondary N) is 2. The molecule has 0 saturated heterocycles. The first kappa shape index (κ1) is 18.8. The van der Waals surface area contributed by atoms with Crippen LogP contribution in [-0.4, -0.2) is 19.3 Å². The van der Waals surface area contributed by atoms with Gasteiger partial charge in [0.1, 0.15) is 5.69 Å². The maximum atomic E-state index is 12.5. The number of nitrogens with zero attached hydrogens (tertiary/aromatic N) is 1. The Morgan fingerprint density at radius 2 is 1.59 bits per heavy atom. The molecule has 0 aliphatic heterocycles. The second-order valence-corrected chi connectivity index (χ2v) is 7.15. The molecule has 2 aromatic carbocycles. The predicted octanol–water partition coefficient (Wildman–Crippen LogP) is 2.88. The van der Waals surface area contributed by atoms with E-state index in [1.54, 1.807) is 24.3 Å². The lowest BCUT2D eigenvalue weighted by molar-refractivity contribution is -0.137. The predicted molar refractivity (Wildman–Crippen MR) is 91.0 cm³/mol. The average Bonchev–Trinajstić information content (AvgIpc) is 2.65. The van der Waals surface area contributed by atoms with E-state index < -0.39 is 32.6 Å². The molecule has 0 saturated carbocycles. The summed E-state index contributed by atoms with van der Waals surface area (Å²) in [5.74, 6) is -0.809. The van der Waals surface area contributed by atoms with Crippen molar-refractivity contribution in [2.24, 2.45) is 0 Å². The van der Waals surface area contributed by atoms with Crippen molar-refractivity contribution < 1.29 is 26.4 Å². The number of amides is 1. The summed E-state index contributed by atoms with van der Waals surface area (Å²) in [6, 6.07) is 13.0. The summed E-state index contributed by atoms with van der Waals surface area (Å²) in [6.45, 7) is 0. The van der Waals surface area contributed by atoms with Gasteiger partial charge >= 0.3 is 6.18 Å². The fourth-order valence-corrected chi connectivity index (χ4v) is 3.09. The summed E-state index contributed by atoms with van der Waals surface area (Å²) in [4.78, 5) is 17.6. The molecule has 0 radical (unpaired) electrons. The molecule has 0 spiro atoms. The second kappa shape index (κ2) is 6.97. The van der Waals surface area contributed by atoms with Crippen molar-refractivity contribution in [3.8, 4) is 0 Å². The number of hydrazine groups is 1. The molecule has 3 rings (SSSR count). The number of sulfonamides is 1. The quantitative estimate of drug-likeness (QED) is 0.665. The topological polar surface area (TPSA) is 88.2 Å². The first-order valence-corrected chi connectivity index (χ1v) is 9.00. The van der Waals surface area contributed by atoms with Crippen LogP contribution in [0.25, 0.3) is 10.9 Å². The number of carbonyl (C=O) groups excluding carboxylic acids is 1. The number of hydrogen-bond acceptors (Lipinski definition) is 4. The highest BCUT2D eigenvalue weighted by Crippen LogP contribution is 2.29. The van der Waals surface area contributed by atoms with E-state index in [2.05, 4.69) is 4.98 Å². The van der Waals surface area contributed by atoms with Crippen LogP contribution in [0.4, 0.5) is 13.2 Å². The van der Waals surface area contributed by atoms with E-state index in [9.17, 15) is 26.4 Å². The van der Waals surface area contributed by atoms with E-state index in [0.29, 0.717) is 17.6 Å². The zero-order valence-electron chi connectivity index (χ0n) is 13.5. The Labute approximate surface area is 152 Å². The maximum Gasteiger partial charge on any atom is 0.416 e. The van der Waals surface area contributed by atoms with Gasteiger partial charge in [-0.1, -0.05) is 24.3 Å². The summed E-state index contributed by atoms with van der Waals surface area (Å²) >= 11 is 0.